The second-order valence-corrected chi connectivity index (χ2v) is 4.18. The Morgan fingerprint density at radius 1 is 1.39 bits per heavy atom. The first kappa shape index (κ1) is 14.5. The lowest BCUT2D eigenvalue weighted by Crippen LogP contribution is -2.37. The molecule has 0 aliphatic heterocycles. The molecular weight excluding hydrogens is 234 g/mol. The Hall–Kier alpha value is -1.59. The zero-order valence-corrected chi connectivity index (χ0v) is 10.6. The number of methoxy groups -OCH3 is 1. The maximum atomic E-state index is 11.6. The highest BCUT2D eigenvalue weighted by Crippen LogP contribution is 2.11. The summed E-state index contributed by atoms with van der Waals surface area (Å²) in [5.74, 6) is -0.267. The number of carbonyl (C=O) groups excluding carboxylic acids is 1. The lowest BCUT2D eigenvalue weighted by atomic mass is 10.1. The van der Waals surface area contributed by atoms with Gasteiger partial charge in [-0.2, -0.15) is 0 Å². The number of esters is 1. The zero-order valence-electron chi connectivity index (χ0n) is 10.6. The molecule has 2 atom stereocenters. The minimum absolute atomic E-state index is 0.184. The van der Waals surface area contributed by atoms with Gasteiger partial charge in [0.15, 0.2) is 0 Å². The number of hydrogen-bond donors (Lipinski definition) is 2. The number of benzene rings is 1. The van der Waals surface area contributed by atoms with E-state index in [0.29, 0.717) is 13.0 Å². The highest BCUT2D eigenvalue weighted by Gasteiger charge is 2.18. The molecule has 5 heteroatoms. The molecule has 1 unspecified atom stereocenters. The fourth-order valence-corrected chi connectivity index (χ4v) is 1.52. The Morgan fingerprint density at radius 3 is 2.56 bits per heavy atom. The summed E-state index contributed by atoms with van der Waals surface area (Å²) < 4.78 is 9.98. The normalized spacial score (nSPS) is 13.9. The molecule has 3 N–H and O–H groups in total. The predicted molar refractivity (Wildman–Crippen MR) is 67.2 cm³/mol. The first-order valence-corrected chi connectivity index (χ1v) is 5.76. The van der Waals surface area contributed by atoms with Gasteiger partial charge >= 0.3 is 5.97 Å². The topological polar surface area (TPSA) is 81.8 Å². The maximum absolute atomic E-state index is 11.6. The molecule has 0 aliphatic carbocycles. The summed E-state index contributed by atoms with van der Waals surface area (Å²) in [4.78, 5) is 11.6. The van der Waals surface area contributed by atoms with E-state index in [0.717, 1.165) is 5.56 Å². The largest absolute Gasteiger partial charge is 0.508 e. The number of ether oxygens (including phenoxy) is 2. The van der Waals surface area contributed by atoms with Crippen LogP contribution in [0.2, 0.25) is 0 Å². The van der Waals surface area contributed by atoms with Gasteiger partial charge in [-0.15, -0.1) is 0 Å². The van der Waals surface area contributed by atoms with Crippen LogP contribution in [0, 0.1) is 0 Å². The molecule has 0 aliphatic rings. The van der Waals surface area contributed by atoms with E-state index in [4.69, 9.17) is 20.3 Å². The average molecular weight is 253 g/mol. The number of nitrogens with two attached hydrogens (primary N) is 1. The molecule has 0 spiro atoms. The highest BCUT2D eigenvalue weighted by atomic mass is 16.6. The molecule has 0 bridgehead atoms. The lowest BCUT2D eigenvalue weighted by Gasteiger charge is -2.16. The smallest absolute Gasteiger partial charge is 0.323 e. The summed E-state index contributed by atoms with van der Waals surface area (Å²) in [5.41, 5.74) is 6.63. The minimum atomic E-state index is -0.714. The van der Waals surface area contributed by atoms with E-state index in [-0.39, 0.29) is 11.9 Å². The van der Waals surface area contributed by atoms with Crippen molar-refractivity contribution in [3.05, 3.63) is 29.8 Å². The van der Waals surface area contributed by atoms with E-state index < -0.39 is 12.0 Å². The van der Waals surface area contributed by atoms with Crippen molar-refractivity contribution in [1.82, 2.24) is 0 Å². The average Bonchev–Trinajstić information content (AvgIpc) is 2.32. The van der Waals surface area contributed by atoms with Crippen LogP contribution >= 0.6 is 0 Å². The van der Waals surface area contributed by atoms with Gasteiger partial charge in [0.05, 0.1) is 6.61 Å². The van der Waals surface area contributed by atoms with Crippen molar-refractivity contribution in [3.8, 4) is 5.75 Å². The molecule has 5 nitrogen and oxygen atoms in total. The fraction of sp³-hybridized carbons (Fsp3) is 0.462. The van der Waals surface area contributed by atoms with Crippen molar-refractivity contribution in [2.45, 2.75) is 25.5 Å². The molecule has 0 aromatic heterocycles. The van der Waals surface area contributed by atoms with Crippen LogP contribution in [0.4, 0.5) is 0 Å². The SMILES string of the molecule is COCC(C)OC(=O)[C@@H](N)Cc1ccc(O)cc1. The van der Waals surface area contributed by atoms with Gasteiger partial charge < -0.3 is 20.3 Å². The van der Waals surface area contributed by atoms with Crippen LogP contribution in [0.1, 0.15) is 12.5 Å². The summed E-state index contributed by atoms with van der Waals surface area (Å²) in [6.07, 6.45) is 0.0621. The molecule has 1 aromatic rings. The molecular formula is C13H19NO4. The molecule has 18 heavy (non-hydrogen) atoms. The summed E-state index contributed by atoms with van der Waals surface area (Å²) >= 11 is 0. The number of aromatic hydroxyl groups is 1. The van der Waals surface area contributed by atoms with Gasteiger partial charge in [0.1, 0.15) is 17.9 Å². The van der Waals surface area contributed by atoms with Crippen molar-refractivity contribution in [1.29, 1.82) is 0 Å². The van der Waals surface area contributed by atoms with E-state index in [9.17, 15) is 4.79 Å². The third-order valence-electron chi connectivity index (χ3n) is 2.41. The minimum Gasteiger partial charge on any atom is -0.508 e. The van der Waals surface area contributed by atoms with E-state index >= 15 is 0 Å². The van der Waals surface area contributed by atoms with Gasteiger partial charge in [0, 0.05) is 7.11 Å². The Labute approximate surface area is 107 Å². The van der Waals surface area contributed by atoms with Crippen molar-refractivity contribution >= 4 is 5.97 Å². The molecule has 100 valence electrons. The van der Waals surface area contributed by atoms with E-state index in [1.165, 1.54) is 0 Å². The number of rotatable bonds is 6. The second kappa shape index (κ2) is 6.98. The van der Waals surface area contributed by atoms with Crippen LogP contribution in [-0.4, -0.2) is 36.9 Å². The molecule has 0 saturated carbocycles. The summed E-state index contributed by atoms with van der Waals surface area (Å²) in [7, 11) is 1.54. The van der Waals surface area contributed by atoms with Crippen LogP contribution in [0.3, 0.4) is 0 Å². The van der Waals surface area contributed by atoms with Crippen molar-refractivity contribution in [2.75, 3.05) is 13.7 Å². The van der Waals surface area contributed by atoms with E-state index in [2.05, 4.69) is 0 Å². The Kier molecular flexibility index (Phi) is 5.61. The molecule has 0 amide bonds. The highest BCUT2D eigenvalue weighted by molar-refractivity contribution is 5.76. The Bertz CT molecular complexity index is 377. The first-order chi connectivity index (χ1) is 8.52. The van der Waals surface area contributed by atoms with Crippen LogP contribution in [0.15, 0.2) is 24.3 Å². The van der Waals surface area contributed by atoms with E-state index in [1.807, 2.05) is 0 Å². The van der Waals surface area contributed by atoms with Gasteiger partial charge in [-0.05, 0) is 31.0 Å². The van der Waals surface area contributed by atoms with Crippen LogP contribution in [0.5, 0.6) is 5.75 Å². The molecule has 0 radical (unpaired) electrons. The van der Waals surface area contributed by atoms with Gasteiger partial charge in [0.25, 0.3) is 0 Å². The molecule has 0 heterocycles. The number of carbonyl (C=O) groups is 1. The van der Waals surface area contributed by atoms with Crippen LogP contribution < -0.4 is 5.73 Å². The monoisotopic (exact) mass is 253 g/mol. The third-order valence-corrected chi connectivity index (χ3v) is 2.41. The van der Waals surface area contributed by atoms with Crippen LogP contribution in [-0.2, 0) is 20.7 Å². The van der Waals surface area contributed by atoms with Crippen molar-refractivity contribution in [2.24, 2.45) is 5.73 Å². The van der Waals surface area contributed by atoms with Gasteiger partial charge in [-0.1, -0.05) is 12.1 Å². The standard InChI is InChI=1S/C13H19NO4/c1-9(8-17-2)18-13(16)12(14)7-10-3-5-11(15)6-4-10/h3-6,9,12,15H,7-8,14H2,1-2H3/t9?,12-/m0/s1. The summed E-state index contributed by atoms with van der Waals surface area (Å²) in [6.45, 7) is 2.09. The molecule has 1 rings (SSSR count). The first-order valence-electron chi connectivity index (χ1n) is 5.76. The van der Waals surface area contributed by atoms with Crippen molar-refractivity contribution in [3.63, 3.8) is 0 Å². The van der Waals surface area contributed by atoms with E-state index in [1.54, 1.807) is 38.3 Å². The fourth-order valence-electron chi connectivity index (χ4n) is 1.52. The third kappa shape index (κ3) is 4.73. The van der Waals surface area contributed by atoms with Gasteiger partial charge in [-0.3, -0.25) is 4.79 Å². The quantitative estimate of drug-likeness (QED) is 0.734. The zero-order chi connectivity index (χ0) is 13.5. The van der Waals surface area contributed by atoms with Gasteiger partial charge in [-0.25, -0.2) is 0 Å². The molecule has 0 fully saturated rings. The van der Waals surface area contributed by atoms with Crippen LogP contribution in [0.25, 0.3) is 0 Å². The Balaban J connectivity index is 2.46. The number of hydrogen-bond acceptors (Lipinski definition) is 5. The van der Waals surface area contributed by atoms with Gasteiger partial charge in [0.2, 0.25) is 0 Å². The second-order valence-electron chi connectivity index (χ2n) is 4.18. The summed E-state index contributed by atoms with van der Waals surface area (Å²) in [6, 6.07) is 5.85. The molecule has 0 saturated heterocycles. The molecule has 1 aromatic carbocycles. The predicted octanol–water partition coefficient (Wildman–Crippen LogP) is 0.840. The Morgan fingerprint density at radius 2 is 2.00 bits per heavy atom. The maximum Gasteiger partial charge on any atom is 0.323 e. The summed E-state index contributed by atoms with van der Waals surface area (Å²) in [5, 5.41) is 9.14. The van der Waals surface area contributed by atoms with Crippen molar-refractivity contribution < 1.29 is 19.4 Å². The lowest BCUT2D eigenvalue weighted by molar-refractivity contribution is -0.152. The number of phenols is 1. The number of phenolic OH excluding ortho intramolecular Hbond substituents is 1.